The van der Waals surface area contributed by atoms with Crippen LogP contribution < -0.4 is 0 Å². The van der Waals surface area contributed by atoms with E-state index in [0.717, 1.165) is 17.3 Å². The van der Waals surface area contributed by atoms with Gasteiger partial charge in [-0.15, -0.1) is 32.9 Å². The fourth-order valence-electron chi connectivity index (χ4n) is 3.16. The maximum absolute atomic E-state index is 13.1. The molecular formula is C22H22N4OS3. The summed E-state index contributed by atoms with van der Waals surface area (Å²) in [7, 11) is 0. The Morgan fingerprint density at radius 3 is 2.37 bits per heavy atom. The van der Waals surface area contributed by atoms with Gasteiger partial charge in [0.15, 0.2) is 5.16 Å². The quantitative estimate of drug-likeness (QED) is 0.323. The summed E-state index contributed by atoms with van der Waals surface area (Å²) < 4.78 is 1.97. The molecule has 8 heteroatoms. The Kier molecular flexibility index (Phi) is 6.99. The topological polar surface area (TPSA) is 51.0 Å². The number of hydrogen-bond donors (Lipinski definition) is 0. The number of thiophene rings is 2. The Labute approximate surface area is 188 Å². The lowest BCUT2D eigenvalue weighted by Crippen LogP contribution is -2.31. The third-order valence-corrected chi connectivity index (χ3v) is 7.33. The predicted molar refractivity (Wildman–Crippen MR) is 124 cm³/mol. The molecule has 0 unspecified atom stereocenters. The Balaban J connectivity index is 1.48. The Bertz CT molecular complexity index is 1040. The van der Waals surface area contributed by atoms with E-state index in [1.54, 1.807) is 29.0 Å². The normalized spacial score (nSPS) is 11.0. The Morgan fingerprint density at radius 1 is 1.03 bits per heavy atom. The highest BCUT2D eigenvalue weighted by Gasteiger charge is 2.18. The van der Waals surface area contributed by atoms with Crippen LogP contribution in [0.3, 0.4) is 0 Å². The summed E-state index contributed by atoms with van der Waals surface area (Å²) in [6.45, 7) is 3.38. The van der Waals surface area contributed by atoms with Crippen LogP contribution in [0.1, 0.15) is 22.2 Å². The van der Waals surface area contributed by atoms with Crippen LogP contribution in [0, 0.1) is 0 Å². The number of carbonyl (C=O) groups is 1. The Morgan fingerprint density at radius 2 is 1.73 bits per heavy atom. The molecule has 1 aromatic carbocycles. The molecule has 154 valence electrons. The maximum Gasteiger partial charge on any atom is 0.233 e. The molecule has 0 N–H and O–H groups in total. The molecule has 30 heavy (non-hydrogen) atoms. The highest BCUT2D eigenvalue weighted by molar-refractivity contribution is 7.99. The number of benzene rings is 1. The second-order valence-corrected chi connectivity index (χ2v) is 9.67. The van der Waals surface area contributed by atoms with E-state index in [2.05, 4.69) is 41.4 Å². The van der Waals surface area contributed by atoms with Gasteiger partial charge in [-0.05, 0) is 40.9 Å². The number of aromatic nitrogens is 3. The standard InChI is InChI=1S/C22H22N4OS3/c1-2-17-7-3-4-10-20(17)26-16-23-24-22(26)30-15-21(27)25(13-18-8-5-11-28-18)14-19-9-6-12-29-19/h3-12,16H,2,13-15H2,1H3. The summed E-state index contributed by atoms with van der Waals surface area (Å²) in [4.78, 5) is 17.4. The molecule has 5 nitrogen and oxygen atoms in total. The van der Waals surface area contributed by atoms with E-state index in [1.807, 2.05) is 44.5 Å². The summed E-state index contributed by atoms with van der Waals surface area (Å²) >= 11 is 4.79. The van der Waals surface area contributed by atoms with Gasteiger partial charge < -0.3 is 4.90 Å². The zero-order valence-electron chi connectivity index (χ0n) is 16.6. The van der Waals surface area contributed by atoms with Crippen LogP contribution in [0.4, 0.5) is 0 Å². The molecule has 3 aromatic heterocycles. The highest BCUT2D eigenvalue weighted by Crippen LogP contribution is 2.24. The smallest absolute Gasteiger partial charge is 0.233 e. The van der Waals surface area contributed by atoms with Gasteiger partial charge in [0.2, 0.25) is 5.91 Å². The van der Waals surface area contributed by atoms with E-state index in [9.17, 15) is 4.79 Å². The van der Waals surface area contributed by atoms with Gasteiger partial charge in [-0.3, -0.25) is 9.36 Å². The van der Waals surface area contributed by atoms with Crippen LogP contribution in [-0.4, -0.2) is 31.3 Å². The van der Waals surface area contributed by atoms with Crippen LogP contribution in [-0.2, 0) is 24.3 Å². The predicted octanol–water partition coefficient (Wildman–Crippen LogP) is 5.27. The summed E-state index contributed by atoms with van der Waals surface area (Å²) in [5.74, 6) is 0.420. The average molecular weight is 455 g/mol. The minimum Gasteiger partial charge on any atom is -0.332 e. The molecule has 0 aliphatic rings. The molecule has 0 spiro atoms. The van der Waals surface area contributed by atoms with Crippen molar-refractivity contribution < 1.29 is 4.79 Å². The number of nitrogens with zero attached hydrogens (tertiary/aromatic N) is 4. The minimum absolute atomic E-state index is 0.0973. The first-order valence-corrected chi connectivity index (χ1v) is 12.4. The number of carbonyl (C=O) groups excluding carboxylic acids is 1. The van der Waals surface area contributed by atoms with Gasteiger partial charge in [0.1, 0.15) is 6.33 Å². The van der Waals surface area contributed by atoms with Gasteiger partial charge >= 0.3 is 0 Å². The summed E-state index contributed by atoms with van der Waals surface area (Å²) in [6.07, 6.45) is 2.64. The molecule has 0 aliphatic heterocycles. The third kappa shape index (κ3) is 5.00. The van der Waals surface area contributed by atoms with Gasteiger partial charge in [0.25, 0.3) is 0 Å². The first kappa shape index (κ1) is 20.8. The lowest BCUT2D eigenvalue weighted by atomic mass is 10.1. The Hall–Kier alpha value is -2.42. The molecule has 1 amide bonds. The van der Waals surface area contributed by atoms with Crippen molar-refractivity contribution in [2.75, 3.05) is 5.75 Å². The molecule has 0 bridgehead atoms. The second kappa shape index (κ2) is 10.1. The zero-order chi connectivity index (χ0) is 20.8. The number of para-hydroxylation sites is 1. The average Bonchev–Trinajstić information content (AvgIpc) is 3.54. The van der Waals surface area contributed by atoms with Crippen molar-refractivity contribution in [1.82, 2.24) is 19.7 Å². The lowest BCUT2D eigenvalue weighted by Gasteiger charge is -2.21. The zero-order valence-corrected chi connectivity index (χ0v) is 19.1. The van der Waals surface area contributed by atoms with Gasteiger partial charge in [-0.25, -0.2) is 0 Å². The number of amides is 1. The summed E-state index contributed by atoms with van der Waals surface area (Å²) in [6, 6.07) is 16.4. The fraction of sp³-hybridized carbons (Fsp3) is 0.227. The van der Waals surface area contributed by atoms with E-state index >= 15 is 0 Å². The molecule has 0 atom stereocenters. The van der Waals surface area contributed by atoms with Crippen molar-refractivity contribution in [3.8, 4) is 5.69 Å². The largest absolute Gasteiger partial charge is 0.332 e. The molecule has 0 saturated carbocycles. The van der Waals surface area contributed by atoms with Gasteiger partial charge in [-0.2, -0.15) is 0 Å². The van der Waals surface area contributed by atoms with Crippen LogP contribution in [0.25, 0.3) is 5.69 Å². The summed E-state index contributed by atoms with van der Waals surface area (Å²) in [5, 5.41) is 13.2. The number of rotatable bonds is 9. The third-order valence-electron chi connectivity index (χ3n) is 4.68. The SMILES string of the molecule is CCc1ccccc1-n1cnnc1SCC(=O)N(Cc1cccs1)Cc1cccs1. The fourth-order valence-corrected chi connectivity index (χ4v) is 5.43. The van der Waals surface area contributed by atoms with E-state index in [-0.39, 0.29) is 5.91 Å². The van der Waals surface area contributed by atoms with Crippen LogP contribution in [0.15, 0.2) is 70.8 Å². The van der Waals surface area contributed by atoms with Gasteiger partial charge in [0.05, 0.1) is 24.5 Å². The monoisotopic (exact) mass is 454 g/mol. The first-order chi connectivity index (χ1) is 14.7. The molecule has 4 aromatic rings. The molecule has 3 heterocycles. The van der Waals surface area contributed by atoms with Gasteiger partial charge in [-0.1, -0.05) is 49.0 Å². The highest BCUT2D eigenvalue weighted by atomic mass is 32.2. The van der Waals surface area contributed by atoms with E-state index in [0.29, 0.717) is 18.8 Å². The van der Waals surface area contributed by atoms with Crippen molar-refractivity contribution in [1.29, 1.82) is 0 Å². The number of hydrogen-bond acceptors (Lipinski definition) is 6. The van der Waals surface area contributed by atoms with Crippen molar-refractivity contribution in [3.63, 3.8) is 0 Å². The van der Waals surface area contributed by atoms with Crippen molar-refractivity contribution in [2.24, 2.45) is 0 Å². The molecular weight excluding hydrogens is 432 g/mol. The van der Waals surface area contributed by atoms with E-state index in [4.69, 9.17) is 0 Å². The van der Waals surface area contributed by atoms with Crippen molar-refractivity contribution in [3.05, 3.63) is 80.9 Å². The molecule has 0 aliphatic carbocycles. The molecule has 4 rings (SSSR count). The van der Waals surface area contributed by atoms with Crippen LogP contribution in [0.2, 0.25) is 0 Å². The first-order valence-electron chi connectivity index (χ1n) is 9.68. The van der Waals surface area contributed by atoms with Crippen molar-refractivity contribution in [2.45, 2.75) is 31.6 Å². The molecule has 0 fully saturated rings. The number of thioether (sulfide) groups is 1. The van der Waals surface area contributed by atoms with Crippen LogP contribution >= 0.6 is 34.4 Å². The van der Waals surface area contributed by atoms with E-state index < -0.39 is 0 Å². The number of aryl methyl sites for hydroxylation is 1. The van der Waals surface area contributed by atoms with Gasteiger partial charge in [0, 0.05) is 9.75 Å². The molecule has 0 saturated heterocycles. The molecule has 0 radical (unpaired) electrons. The van der Waals surface area contributed by atoms with Crippen molar-refractivity contribution >= 4 is 40.3 Å². The van der Waals surface area contributed by atoms with E-state index in [1.165, 1.54) is 27.1 Å². The van der Waals surface area contributed by atoms with Crippen LogP contribution in [0.5, 0.6) is 0 Å². The maximum atomic E-state index is 13.1. The summed E-state index contributed by atoms with van der Waals surface area (Å²) in [5.41, 5.74) is 2.29. The minimum atomic E-state index is 0.0973. The lowest BCUT2D eigenvalue weighted by molar-refractivity contribution is -0.129. The second-order valence-electron chi connectivity index (χ2n) is 6.66.